The molecule has 3 aromatic rings. The molecule has 2 unspecified atom stereocenters. The topological polar surface area (TPSA) is 59.0 Å². The molecule has 5 nitrogen and oxygen atoms in total. The number of hydrogen-bond acceptors (Lipinski definition) is 4. The Morgan fingerprint density at radius 2 is 1.72 bits per heavy atom. The summed E-state index contributed by atoms with van der Waals surface area (Å²) in [6.45, 7) is -0.611. The summed E-state index contributed by atoms with van der Waals surface area (Å²) in [5.41, 5.74) is 3.51. The van der Waals surface area contributed by atoms with Crippen molar-refractivity contribution in [1.29, 1.82) is 0 Å². The zero-order valence-electron chi connectivity index (χ0n) is 19.4. The van der Waals surface area contributed by atoms with Gasteiger partial charge in [0.25, 0.3) is 5.91 Å². The molecule has 182 valence electrons. The number of nitrogens with zero attached hydrogens (tertiary/aromatic N) is 2. The van der Waals surface area contributed by atoms with Crippen molar-refractivity contribution >= 4 is 23.7 Å². The number of benzene rings is 3. The summed E-state index contributed by atoms with van der Waals surface area (Å²) in [6.07, 6.45) is 4.80. The van der Waals surface area contributed by atoms with E-state index in [0.29, 0.717) is 6.07 Å². The Morgan fingerprint density at radius 3 is 2.44 bits per heavy atom. The number of hydrazone groups is 1. The molecule has 1 heterocycles. The molecule has 1 amide bonds. The maximum Gasteiger partial charge on any atom is 0.341 e. The fourth-order valence-electron chi connectivity index (χ4n) is 4.87. The SMILES string of the molecule is O=C(OCC(=O)N1N=C2C(=Cc3ccccc3)CCCC2C1c1ccccc1)c1ccc(F)cc1F. The molecule has 7 heteroatoms. The first-order valence-corrected chi connectivity index (χ1v) is 11.8. The molecule has 36 heavy (non-hydrogen) atoms. The molecule has 0 N–H and O–H groups in total. The molecule has 1 saturated carbocycles. The third-order valence-electron chi connectivity index (χ3n) is 6.52. The van der Waals surface area contributed by atoms with E-state index in [4.69, 9.17) is 9.84 Å². The Balaban J connectivity index is 1.42. The van der Waals surface area contributed by atoms with Gasteiger partial charge in [0.15, 0.2) is 6.61 Å². The van der Waals surface area contributed by atoms with Crippen molar-refractivity contribution in [3.8, 4) is 0 Å². The van der Waals surface area contributed by atoms with Crippen LogP contribution in [0.3, 0.4) is 0 Å². The number of hydrogen-bond donors (Lipinski definition) is 0. The summed E-state index contributed by atoms with van der Waals surface area (Å²) < 4.78 is 32.3. The highest BCUT2D eigenvalue weighted by molar-refractivity contribution is 6.08. The minimum absolute atomic E-state index is 0.00491. The van der Waals surface area contributed by atoms with Crippen LogP contribution in [0.1, 0.15) is 46.8 Å². The Labute approximate surface area is 207 Å². The first-order valence-electron chi connectivity index (χ1n) is 11.8. The Kier molecular flexibility index (Phi) is 6.71. The van der Waals surface area contributed by atoms with Crippen LogP contribution < -0.4 is 0 Å². The number of carbonyl (C=O) groups excluding carboxylic acids is 2. The molecule has 2 atom stereocenters. The predicted octanol–water partition coefficient (Wildman–Crippen LogP) is 5.94. The van der Waals surface area contributed by atoms with E-state index in [1.54, 1.807) is 0 Å². The summed E-state index contributed by atoms with van der Waals surface area (Å²) in [5, 5.41) is 6.14. The van der Waals surface area contributed by atoms with Crippen molar-refractivity contribution in [2.45, 2.75) is 25.3 Å². The van der Waals surface area contributed by atoms with E-state index < -0.39 is 35.7 Å². The van der Waals surface area contributed by atoms with Crippen molar-refractivity contribution in [3.05, 3.63) is 113 Å². The summed E-state index contributed by atoms with van der Waals surface area (Å²) in [4.78, 5) is 25.6. The Hall–Kier alpha value is -4.13. The van der Waals surface area contributed by atoms with Crippen molar-refractivity contribution in [3.63, 3.8) is 0 Å². The summed E-state index contributed by atoms with van der Waals surface area (Å²) >= 11 is 0. The molecule has 0 spiro atoms. The zero-order chi connectivity index (χ0) is 25.1. The van der Waals surface area contributed by atoms with Crippen LogP contribution in [0.5, 0.6) is 0 Å². The molecule has 0 aromatic heterocycles. The lowest BCUT2D eigenvalue weighted by Gasteiger charge is -2.29. The monoisotopic (exact) mass is 486 g/mol. The van der Waals surface area contributed by atoms with Crippen LogP contribution in [0.4, 0.5) is 8.78 Å². The van der Waals surface area contributed by atoms with Crippen LogP contribution >= 0.6 is 0 Å². The number of carbonyl (C=O) groups is 2. The fraction of sp³-hybridized carbons (Fsp3) is 0.207. The predicted molar refractivity (Wildman–Crippen MR) is 132 cm³/mol. The van der Waals surface area contributed by atoms with Crippen LogP contribution in [0.15, 0.2) is 89.5 Å². The summed E-state index contributed by atoms with van der Waals surface area (Å²) in [7, 11) is 0. The van der Waals surface area contributed by atoms with Gasteiger partial charge in [0.1, 0.15) is 11.6 Å². The van der Waals surface area contributed by atoms with E-state index >= 15 is 0 Å². The second-order valence-corrected chi connectivity index (χ2v) is 8.86. The van der Waals surface area contributed by atoms with Crippen molar-refractivity contribution in [2.75, 3.05) is 6.61 Å². The van der Waals surface area contributed by atoms with E-state index in [1.165, 1.54) is 5.01 Å². The fourth-order valence-corrected chi connectivity index (χ4v) is 4.87. The van der Waals surface area contributed by atoms with Gasteiger partial charge in [-0.2, -0.15) is 5.10 Å². The number of rotatable bonds is 5. The highest BCUT2D eigenvalue weighted by atomic mass is 19.1. The molecule has 2 aliphatic rings. The first-order chi connectivity index (χ1) is 17.5. The van der Waals surface area contributed by atoms with E-state index in [2.05, 4.69) is 6.08 Å². The van der Waals surface area contributed by atoms with Gasteiger partial charge < -0.3 is 4.74 Å². The summed E-state index contributed by atoms with van der Waals surface area (Å²) in [5.74, 6) is -3.39. The third-order valence-corrected chi connectivity index (χ3v) is 6.52. The van der Waals surface area contributed by atoms with Gasteiger partial charge in [0.2, 0.25) is 0 Å². The molecule has 3 aromatic carbocycles. The molecule has 1 fully saturated rings. The highest BCUT2D eigenvalue weighted by Crippen LogP contribution is 2.44. The van der Waals surface area contributed by atoms with Crippen molar-refractivity contribution in [2.24, 2.45) is 11.0 Å². The van der Waals surface area contributed by atoms with Crippen LogP contribution in [-0.2, 0) is 9.53 Å². The normalized spacial score (nSPS) is 20.1. The van der Waals surface area contributed by atoms with Crippen LogP contribution in [0.25, 0.3) is 6.08 Å². The molecular formula is C29H24F2N2O3. The van der Waals surface area contributed by atoms with Crippen molar-refractivity contribution in [1.82, 2.24) is 5.01 Å². The Morgan fingerprint density at radius 1 is 1.00 bits per heavy atom. The van der Waals surface area contributed by atoms with Crippen molar-refractivity contribution < 1.29 is 23.1 Å². The largest absolute Gasteiger partial charge is 0.452 e. The quantitative estimate of drug-likeness (QED) is 0.419. The van der Waals surface area contributed by atoms with Gasteiger partial charge in [0.05, 0.1) is 17.3 Å². The number of halogens is 2. The second-order valence-electron chi connectivity index (χ2n) is 8.86. The minimum atomic E-state index is -1.04. The second kappa shape index (κ2) is 10.2. The average molecular weight is 487 g/mol. The van der Waals surface area contributed by atoms with E-state index in [1.807, 2.05) is 60.7 Å². The van der Waals surface area contributed by atoms with E-state index in [0.717, 1.165) is 53.8 Å². The lowest BCUT2D eigenvalue weighted by atomic mass is 9.77. The average Bonchev–Trinajstić information content (AvgIpc) is 3.29. The third kappa shape index (κ3) is 4.82. The summed E-state index contributed by atoms with van der Waals surface area (Å²) in [6, 6.07) is 21.8. The maximum absolute atomic E-state index is 14.0. The van der Waals surface area contributed by atoms with Gasteiger partial charge in [-0.25, -0.2) is 18.6 Å². The van der Waals surface area contributed by atoms with Gasteiger partial charge in [-0.1, -0.05) is 60.7 Å². The zero-order valence-corrected chi connectivity index (χ0v) is 19.4. The van der Waals surface area contributed by atoms with Gasteiger partial charge in [-0.3, -0.25) is 4.79 Å². The highest BCUT2D eigenvalue weighted by Gasteiger charge is 2.43. The van der Waals surface area contributed by atoms with Gasteiger partial charge in [0, 0.05) is 12.0 Å². The molecule has 0 radical (unpaired) electrons. The Bertz CT molecular complexity index is 1340. The minimum Gasteiger partial charge on any atom is -0.452 e. The molecule has 1 aliphatic heterocycles. The lowest BCUT2D eigenvalue weighted by Crippen LogP contribution is -2.34. The number of allylic oxidation sites excluding steroid dienone is 1. The van der Waals surface area contributed by atoms with Crippen LogP contribution in [0.2, 0.25) is 0 Å². The first kappa shape index (κ1) is 23.6. The molecule has 1 aliphatic carbocycles. The number of amides is 1. The van der Waals surface area contributed by atoms with Crippen LogP contribution in [0, 0.1) is 17.6 Å². The van der Waals surface area contributed by atoms with Gasteiger partial charge in [-0.15, -0.1) is 0 Å². The number of esters is 1. The molecule has 0 bridgehead atoms. The van der Waals surface area contributed by atoms with Gasteiger partial charge in [-0.05, 0) is 54.2 Å². The van der Waals surface area contributed by atoms with E-state index in [-0.39, 0.29) is 12.0 Å². The lowest BCUT2D eigenvalue weighted by molar-refractivity contribution is -0.137. The molecule has 5 rings (SSSR count). The number of ether oxygens (including phenoxy) is 1. The van der Waals surface area contributed by atoms with Crippen LogP contribution in [-0.4, -0.2) is 29.2 Å². The van der Waals surface area contributed by atoms with Gasteiger partial charge >= 0.3 is 5.97 Å². The maximum atomic E-state index is 14.0. The smallest absolute Gasteiger partial charge is 0.341 e. The van der Waals surface area contributed by atoms with E-state index in [9.17, 15) is 18.4 Å². The number of fused-ring (bicyclic) bond motifs is 1. The standard InChI is InChI=1S/C29H24F2N2O3/c30-22-14-15-23(25(31)17-22)29(35)36-18-26(34)33-28(20-10-5-2-6-11-20)24-13-7-12-21(27(24)32-33)16-19-8-3-1-4-9-19/h1-6,8-11,14-17,24,28H,7,12-13,18H2. The molecule has 0 saturated heterocycles. The molecular weight excluding hydrogens is 462 g/mol.